The average Bonchev–Trinajstić information content (AvgIpc) is 3.31. The normalized spacial score (nSPS) is 34.0. The second kappa shape index (κ2) is 33.0. The number of rotatable bonds is 33. The van der Waals surface area contributed by atoms with Gasteiger partial charge < -0.3 is 89.9 Å². The Morgan fingerprint density at radius 2 is 0.970 bits per heavy atom. The minimum absolute atomic E-state index is 0.227. The molecule has 0 aliphatic carbocycles. The summed E-state index contributed by atoms with van der Waals surface area (Å²) in [4.78, 5) is 12.9. The number of ether oxygens (including phenoxy) is 6. The van der Waals surface area contributed by atoms with Gasteiger partial charge >= 0.3 is 0 Å². The lowest BCUT2D eigenvalue weighted by molar-refractivity contribution is -0.379. The maximum Gasteiger partial charge on any atom is 0.220 e. The summed E-state index contributed by atoms with van der Waals surface area (Å²) in [7, 11) is 0. The van der Waals surface area contributed by atoms with Crippen LogP contribution in [-0.2, 0) is 33.2 Å². The Balaban J connectivity index is 1.53. The van der Waals surface area contributed by atoms with E-state index in [1.165, 1.54) is 64.2 Å². The lowest BCUT2D eigenvalue weighted by Crippen LogP contribution is -2.66. The van der Waals surface area contributed by atoms with Crippen LogP contribution in [0.4, 0.5) is 0 Å². The number of carbonyl (C=O) groups is 1. The molecule has 17 unspecified atom stereocenters. The Morgan fingerprint density at radius 1 is 0.530 bits per heavy atom. The summed E-state index contributed by atoms with van der Waals surface area (Å²) in [6, 6.07) is -0.980. The van der Waals surface area contributed by atoms with E-state index in [4.69, 9.17) is 28.4 Å². The molecule has 0 spiro atoms. The second-order valence-electron chi connectivity index (χ2n) is 17.9. The van der Waals surface area contributed by atoms with E-state index >= 15 is 0 Å². The molecule has 0 bridgehead atoms. The molecule has 3 fully saturated rings. The first-order chi connectivity index (χ1) is 31.8. The topological polar surface area (TPSA) is 307 Å². The van der Waals surface area contributed by atoms with Gasteiger partial charge in [-0.3, -0.25) is 4.79 Å². The largest absolute Gasteiger partial charge is 0.394 e. The lowest BCUT2D eigenvalue weighted by atomic mass is 9.96. The summed E-state index contributed by atoms with van der Waals surface area (Å²) < 4.78 is 33.9. The number of amides is 1. The van der Waals surface area contributed by atoms with Crippen LogP contribution in [0.25, 0.3) is 0 Å². The molecule has 0 aromatic carbocycles. The van der Waals surface area contributed by atoms with Gasteiger partial charge in [-0.2, -0.15) is 0 Å². The average molecular weight is 952 g/mol. The Bertz CT molecular complexity index is 1330. The Kier molecular flexibility index (Phi) is 29.3. The van der Waals surface area contributed by atoms with E-state index in [1.54, 1.807) is 6.08 Å². The molecule has 19 nitrogen and oxygen atoms in total. The van der Waals surface area contributed by atoms with E-state index in [1.807, 2.05) is 6.08 Å². The van der Waals surface area contributed by atoms with Crippen LogP contribution in [0.1, 0.15) is 136 Å². The molecule has 0 saturated carbocycles. The second-order valence-corrected chi connectivity index (χ2v) is 17.9. The zero-order chi connectivity index (χ0) is 48.4. The highest BCUT2D eigenvalue weighted by Crippen LogP contribution is 2.33. The fourth-order valence-electron chi connectivity index (χ4n) is 8.32. The molecule has 0 radical (unpaired) electrons. The monoisotopic (exact) mass is 952 g/mol. The quantitative estimate of drug-likeness (QED) is 0.0321. The van der Waals surface area contributed by atoms with Crippen molar-refractivity contribution >= 4 is 5.91 Å². The van der Waals surface area contributed by atoms with Crippen LogP contribution in [0.2, 0.25) is 0 Å². The maximum atomic E-state index is 12.9. The number of unbranched alkanes of at least 4 members (excludes halogenated alkanes) is 15. The van der Waals surface area contributed by atoms with Gasteiger partial charge in [-0.15, -0.1) is 0 Å². The van der Waals surface area contributed by atoms with Crippen molar-refractivity contribution in [3.63, 3.8) is 0 Å². The molecular weight excluding hydrogens is 867 g/mol. The van der Waals surface area contributed by atoms with E-state index in [9.17, 15) is 61.0 Å². The zero-order valence-electron chi connectivity index (χ0n) is 39.2. The summed E-state index contributed by atoms with van der Waals surface area (Å²) in [5, 5.41) is 119. The number of carbonyl (C=O) groups excluding carboxylic acids is 1. The SMILES string of the molecule is CCCCCCCCCCCCC/C=C/CC/C=C/C(O)C(COC1OC(CO)C(OC2OC(CO)C(OC3OC(CO)C(O)C(O)C3O)C(O)C2O)C(O)C1O)NC(=O)CCCCCC. The number of aliphatic hydroxyl groups is 11. The molecule has 66 heavy (non-hydrogen) atoms. The molecule has 1 amide bonds. The van der Waals surface area contributed by atoms with Crippen molar-refractivity contribution in [3.05, 3.63) is 24.3 Å². The van der Waals surface area contributed by atoms with Gasteiger partial charge in [-0.05, 0) is 32.1 Å². The van der Waals surface area contributed by atoms with Crippen LogP contribution in [0, 0.1) is 0 Å². The number of nitrogens with one attached hydrogen (secondary N) is 1. The van der Waals surface area contributed by atoms with Gasteiger partial charge in [0, 0.05) is 6.42 Å². The van der Waals surface area contributed by atoms with Crippen molar-refractivity contribution in [2.75, 3.05) is 26.4 Å². The van der Waals surface area contributed by atoms with Gasteiger partial charge in [0.1, 0.15) is 73.2 Å². The van der Waals surface area contributed by atoms with Gasteiger partial charge in [-0.1, -0.05) is 122 Å². The van der Waals surface area contributed by atoms with E-state index < -0.39 is 124 Å². The first kappa shape index (κ1) is 58.6. The van der Waals surface area contributed by atoms with Gasteiger partial charge in [0.15, 0.2) is 18.9 Å². The van der Waals surface area contributed by atoms with Crippen LogP contribution < -0.4 is 5.32 Å². The van der Waals surface area contributed by atoms with Crippen molar-refractivity contribution in [1.29, 1.82) is 0 Å². The predicted molar refractivity (Wildman–Crippen MR) is 240 cm³/mol. The van der Waals surface area contributed by atoms with Crippen LogP contribution >= 0.6 is 0 Å². The third kappa shape index (κ3) is 19.2. The smallest absolute Gasteiger partial charge is 0.220 e. The summed E-state index contributed by atoms with van der Waals surface area (Å²) in [5.74, 6) is -0.306. The van der Waals surface area contributed by atoms with Crippen LogP contribution in [0.5, 0.6) is 0 Å². The highest BCUT2D eigenvalue weighted by molar-refractivity contribution is 5.76. The van der Waals surface area contributed by atoms with Crippen molar-refractivity contribution in [2.45, 2.75) is 240 Å². The number of hydrogen-bond acceptors (Lipinski definition) is 18. The third-order valence-electron chi connectivity index (χ3n) is 12.5. The molecule has 17 atom stereocenters. The van der Waals surface area contributed by atoms with Crippen molar-refractivity contribution < 1.29 is 89.4 Å². The Labute approximate surface area is 390 Å². The van der Waals surface area contributed by atoms with Crippen LogP contribution in [0.3, 0.4) is 0 Å². The minimum atomic E-state index is -1.98. The first-order valence-corrected chi connectivity index (χ1v) is 24.6. The molecule has 12 N–H and O–H groups in total. The van der Waals surface area contributed by atoms with E-state index in [2.05, 4.69) is 31.3 Å². The highest BCUT2D eigenvalue weighted by atomic mass is 16.8. The fourth-order valence-corrected chi connectivity index (χ4v) is 8.32. The van der Waals surface area contributed by atoms with Crippen molar-refractivity contribution in [1.82, 2.24) is 5.32 Å². The van der Waals surface area contributed by atoms with E-state index in [-0.39, 0.29) is 18.9 Å². The summed E-state index contributed by atoms with van der Waals surface area (Å²) >= 11 is 0. The Hall–Kier alpha value is -1.73. The molecule has 3 aliphatic heterocycles. The number of hydrogen-bond donors (Lipinski definition) is 12. The molecule has 0 aromatic rings. The zero-order valence-corrected chi connectivity index (χ0v) is 39.2. The molecular formula is C47H85NO18. The minimum Gasteiger partial charge on any atom is -0.394 e. The van der Waals surface area contributed by atoms with Gasteiger partial charge in [0.2, 0.25) is 5.91 Å². The Morgan fingerprint density at radius 3 is 1.52 bits per heavy atom. The molecule has 0 aromatic heterocycles. The number of allylic oxidation sites excluding steroid dienone is 3. The standard InChI is InChI=1S/C47H85NO18/c1-3-5-7-9-10-11-12-13-14-15-16-17-18-19-20-21-22-24-31(52)30(48-35(53)25-23-8-6-4-2)29-61-45-41(59)38(56)43(33(27-50)63-45)66-47-42(60)39(57)44(34(28-51)64-47)65-46-40(58)37(55)36(54)32(26-49)62-46/h18-19,22,24,30-34,36-47,49-52,54-60H,3-17,20-21,23,25-29H2,1-2H3,(H,48,53)/b19-18+,24-22+. The van der Waals surface area contributed by atoms with Crippen molar-refractivity contribution in [2.24, 2.45) is 0 Å². The molecule has 3 heterocycles. The number of aliphatic hydroxyl groups excluding tert-OH is 11. The van der Waals surface area contributed by atoms with Gasteiger partial charge in [0.05, 0.1) is 38.6 Å². The maximum absolute atomic E-state index is 12.9. The molecule has 3 aliphatic rings. The van der Waals surface area contributed by atoms with E-state index in [0.29, 0.717) is 12.8 Å². The molecule has 386 valence electrons. The molecule has 3 saturated heterocycles. The van der Waals surface area contributed by atoms with Crippen LogP contribution in [-0.4, -0.2) is 193 Å². The lowest BCUT2D eigenvalue weighted by Gasteiger charge is -2.48. The first-order valence-electron chi connectivity index (χ1n) is 24.6. The fraction of sp³-hybridized carbons (Fsp3) is 0.894. The van der Waals surface area contributed by atoms with Gasteiger partial charge in [-0.25, -0.2) is 0 Å². The predicted octanol–water partition coefficient (Wildman–Crippen LogP) is 0.861. The molecule has 19 heteroatoms. The van der Waals surface area contributed by atoms with E-state index in [0.717, 1.165) is 38.5 Å². The van der Waals surface area contributed by atoms with Crippen molar-refractivity contribution in [3.8, 4) is 0 Å². The van der Waals surface area contributed by atoms with Gasteiger partial charge in [0.25, 0.3) is 0 Å². The highest BCUT2D eigenvalue weighted by Gasteiger charge is 2.53. The van der Waals surface area contributed by atoms with Crippen LogP contribution in [0.15, 0.2) is 24.3 Å². The third-order valence-corrected chi connectivity index (χ3v) is 12.5. The summed E-state index contributed by atoms with van der Waals surface area (Å²) in [5.41, 5.74) is 0. The molecule has 3 rings (SSSR count). The summed E-state index contributed by atoms with van der Waals surface area (Å²) in [6.07, 6.45) is 1.34. The summed E-state index contributed by atoms with van der Waals surface area (Å²) in [6.45, 7) is 1.51.